The number of hydrogen-bond acceptors (Lipinski definition) is 0. The van der Waals surface area contributed by atoms with Crippen molar-refractivity contribution >= 4 is 10.8 Å². The number of hydrogen-bond donors (Lipinski definition) is 0. The zero-order chi connectivity index (χ0) is 12.6. The molecule has 1 aliphatic carbocycles. The van der Waals surface area contributed by atoms with E-state index in [4.69, 9.17) is 0 Å². The molecule has 0 amide bonds. The predicted molar refractivity (Wildman–Crippen MR) is 79.6 cm³/mol. The molecular weight excluding hydrogens is 467 g/mol. The first-order valence-corrected chi connectivity index (χ1v) is 6.77. The average molecular weight is 487 g/mol. The number of allylic oxidation sites excluding steroid dienone is 4. The van der Waals surface area contributed by atoms with Crippen LogP contribution in [0.1, 0.15) is 32.6 Å². The Morgan fingerprint density at radius 3 is 2.52 bits per heavy atom. The summed E-state index contributed by atoms with van der Waals surface area (Å²) in [6, 6.07) is 14.7. The fourth-order valence-electron chi connectivity index (χ4n) is 2.06. The number of halogens is 2. The largest absolute Gasteiger partial charge is 4.00 e. The first kappa shape index (κ1) is 23.4. The summed E-state index contributed by atoms with van der Waals surface area (Å²) in [5, 5.41) is 2.66. The van der Waals surface area contributed by atoms with Crippen molar-refractivity contribution in [3.05, 3.63) is 66.3 Å². The topological polar surface area (TPSA) is 0 Å². The van der Waals surface area contributed by atoms with E-state index in [1.165, 1.54) is 35.6 Å². The van der Waals surface area contributed by atoms with Crippen LogP contribution in [0.25, 0.3) is 10.8 Å². The number of unbranched alkanes of at least 4 members (excludes halogenated alkanes) is 1. The first-order chi connectivity index (χ1) is 8.90. The standard InChI is InChI=1S/C9H7.C9H13.2BrH.Zr/c1-2-5-9-7-3-6-8(9)4-1;1-2-3-6-9-7-4-5-8-9;;;/h1-7H;4,7H,2-3,5-6H2,1H3;2*1H;/q2*-1;;;+4/p-2. The van der Waals surface area contributed by atoms with Crippen molar-refractivity contribution in [3.8, 4) is 0 Å². The van der Waals surface area contributed by atoms with Gasteiger partial charge in [0.15, 0.2) is 0 Å². The van der Waals surface area contributed by atoms with Crippen molar-refractivity contribution in [3.63, 3.8) is 0 Å². The number of benzene rings is 1. The van der Waals surface area contributed by atoms with Crippen LogP contribution in [0.15, 0.2) is 60.2 Å². The van der Waals surface area contributed by atoms with E-state index in [-0.39, 0.29) is 60.2 Å². The summed E-state index contributed by atoms with van der Waals surface area (Å²) in [5.74, 6) is 0. The molecule has 110 valence electrons. The van der Waals surface area contributed by atoms with Crippen molar-refractivity contribution in [1.29, 1.82) is 0 Å². The summed E-state index contributed by atoms with van der Waals surface area (Å²) in [5.41, 5.74) is 1.41. The molecule has 2 aromatic carbocycles. The molecule has 3 rings (SSSR count). The molecule has 0 unspecified atom stereocenters. The molecule has 0 radical (unpaired) electrons. The monoisotopic (exact) mass is 484 g/mol. The number of rotatable bonds is 3. The maximum Gasteiger partial charge on any atom is 4.00 e. The van der Waals surface area contributed by atoms with E-state index in [0.29, 0.717) is 0 Å². The molecule has 0 heterocycles. The van der Waals surface area contributed by atoms with Crippen LogP contribution in [0, 0.1) is 6.08 Å². The van der Waals surface area contributed by atoms with Gasteiger partial charge in [-0.2, -0.15) is 23.6 Å². The molecule has 1 aliphatic rings. The molecule has 0 N–H and O–H groups in total. The average Bonchev–Trinajstić information content (AvgIpc) is 3.08. The maximum absolute atomic E-state index is 3.30. The molecule has 0 fully saturated rings. The van der Waals surface area contributed by atoms with Crippen molar-refractivity contribution in [2.75, 3.05) is 0 Å². The molecule has 21 heavy (non-hydrogen) atoms. The molecule has 0 aromatic heterocycles. The Hall–Kier alpha value is 0.153. The Morgan fingerprint density at radius 2 is 1.90 bits per heavy atom. The van der Waals surface area contributed by atoms with Crippen LogP contribution in [-0.4, -0.2) is 0 Å². The second-order valence-electron chi connectivity index (χ2n) is 4.57. The van der Waals surface area contributed by atoms with Crippen molar-refractivity contribution in [2.45, 2.75) is 32.6 Å². The van der Waals surface area contributed by atoms with Gasteiger partial charge in [0.1, 0.15) is 0 Å². The van der Waals surface area contributed by atoms with Crippen molar-refractivity contribution in [1.82, 2.24) is 0 Å². The third kappa shape index (κ3) is 8.38. The second-order valence-corrected chi connectivity index (χ2v) is 4.57. The first-order valence-electron chi connectivity index (χ1n) is 6.77. The summed E-state index contributed by atoms with van der Waals surface area (Å²) in [6.07, 6.45) is 12.5. The minimum atomic E-state index is 0. The van der Waals surface area contributed by atoms with Crippen LogP contribution in [0.2, 0.25) is 0 Å². The zero-order valence-corrected chi connectivity index (χ0v) is 17.9. The van der Waals surface area contributed by atoms with Crippen LogP contribution in [0.5, 0.6) is 0 Å². The van der Waals surface area contributed by atoms with E-state index < -0.39 is 0 Å². The third-order valence-electron chi connectivity index (χ3n) is 3.11. The SMILES string of the molecule is CCCCC1=[C-]CC=C1.[Br-].[Br-].[Zr+4].c1ccc2[cH-]ccc2c1. The molecular formula is C18H20Br2Zr. The molecule has 3 heteroatoms. The van der Waals surface area contributed by atoms with Crippen LogP contribution in [0.3, 0.4) is 0 Å². The van der Waals surface area contributed by atoms with E-state index in [1.807, 2.05) is 0 Å². The molecule has 0 spiro atoms. The van der Waals surface area contributed by atoms with Crippen LogP contribution >= 0.6 is 0 Å². The molecule has 2 aromatic rings. The van der Waals surface area contributed by atoms with Gasteiger partial charge in [0.2, 0.25) is 0 Å². The molecule has 0 atom stereocenters. The van der Waals surface area contributed by atoms with Gasteiger partial charge in [-0.3, -0.25) is 6.08 Å². The molecule has 0 nitrogen and oxygen atoms in total. The molecule has 0 saturated carbocycles. The van der Waals surface area contributed by atoms with Gasteiger partial charge in [0, 0.05) is 0 Å². The Bertz CT molecular complexity index is 511. The van der Waals surface area contributed by atoms with Crippen LogP contribution < -0.4 is 34.0 Å². The van der Waals surface area contributed by atoms with Crippen LogP contribution in [0.4, 0.5) is 0 Å². The summed E-state index contributed by atoms with van der Waals surface area (Å²) in [7, 11) is 0. The van der Waals surface area contributed by atoms with Gasteiger partial charge in [-0.1, -0.05) is 32.3 Å². The van der Waals surface area contributed by atoms with E-state index in [2.05, 4.69) is 67.6 Å². The minimum Gasteiger partial charge on any atom is -1.00 e. The van der Waals surface area contributed by atoms with Gasteiger partial charge in [0.25, 0.3) is 0 Å². The van der Waals surface area contributed by atoms with Crippen molar-refractivity contribution < 1.29 is 60.2 Å². The van der Waals surface area contributed by atoms with Crippen molar-refractivity contribution in [2.24, 2.45) is 0 Å². The normalized spacial score (nSPS) is 11.4. The summed E-state index contributed by atoms with van der Waals surface area (Å²) in [6.45, 7) is 2.22. The van der Waals surface area contributed by atoms with Gasteiger partial charge in [-0.25, -0.2) is 11.6 Å². The van der Waals surface area contributed by atoms with Gasteiger partial charge >= 0.3 is 26.2 Å². The van der Waals surface area contributed by atoms with E-state index >= 15 is 0 Å². The predicted octanol–water partition coefficient (Wildman–Crippen LogP) is -0.570. The summed E-state index contributed by atoms with van der Waals surface area (Å²) < 4.78 is 0. The molecule has 0 aliphatic heterocycles. The van der Waals surface area contributed by atoms with Gasteiger partial charge in [-0.15, -0.1) is 36.1 Å². The second kappa shape index (κ2) is 13.8. The molecule has 0 saturated heterocycles. The van der Waals surface area contributed by atoms with Gasteiger partial charge in [0.05, 0.1) is 0 Å². The fraction of sp³-hybridized carbons (Fsp3) is 0.278. The third-order valence-corrected chi connectivity index (χ3v) is 3.11. The Labute approximate surface area is 168 Å². The quantitative estimate of drug-likeness (QED) is 0.510. The van der Waals surface area contributed by atoms with Crippen LogP contribution in [-0.2, 0) is 26.2 Å². The van der Waals surface area contributed by atoms with Gasteiger partial charge in [-0.05, 0) is 0 Å². The van der Waals surface area contributed by atoms with E-state index in [9.17, 15) is 0 Å². The fourth-order valence-corrected chi connectivity index (χ4v) is 2.06. The van der Waals surface area contributed by atoms with E-state index in [1.54, 1.807) is 0 Å². The van der Waals surface area contributed by atoms with E-state index in [0.717, 1.165) is 6.42 Å². The number of fused-ring (bicyclic) bond motifs is 1. The Morgan fingerprint density at radius 1 is 1.14 bits per heavy atom. The smallest absolute Gasteiger partial charge is 1.00 e. The summed E-state index contributed by atoms with van der Waals surface area (Å²) >= 11 is 0. The molecule has 0 bridgehead atoms. The summed E-state index contributed by atoms with van der Waals surface area (Å²) in [4.78, 5) is 0. The Balaban J connectivity index is 0. The maximum atomic E-state index is 3.30. The zero-order valence-electron chi connectivity index (χ0n) is 12.3. The Kier molecular flexibility index (Phi) is 15.4. The van der Waals surface area contributed by atoms with Gasteiger partial charge < -0.3 is 34.0 Å². The minimum absolute atomic E-state index is 0.